The Hall–Kier alpha value is -2.33. The summed E-state index contributed by atoms with van der Waals surface area (Å²) in [5, 5.41) is 9.26. The molecule has 120 valence electrons. The van der Waals surface area contributed by atoms with Gasteiger partial charge in [-0.3, -0.25) is 9.69 Å². The van der Waals surface area contributed by atoms with Crippen LogP contribution in [0.1, 0.15) is 24.0 Å². The summed E-state index contributed by atoms with van der Waals surface area (Å²) in [7, 11) is 0. The van der Waals surface area contributed by atoms with Gasteiger partial charge in [0.25, 0.3) is 0 Å². The second-order valence-electron chi connectivity index (χ2n) is 5.89. The zero-order valence-corrected chi connectivity index (χ0v) is 13.0. The minimum absolute atomic E-state index is 0.358. The third kappa shape index (κ3) is 4.11. The molecular weight excluding hydrogens is 290 g/mol. The zero-order valence-electron chi connectivity index (χ0n) is 13.0. The minimum atomic E-state index is -0.723. The molecule has 1 heterocycles. The van der Waals surface area contributed by atoms with E-state index in [4.69, 9.17) is 4.74 Å². The Morgan fingerprint density at radius 1 is 1.13 bits per heavy atom. The molecule has 1 aliphatic heterocycles. The summed E-state index contributed by atoms with van der Waals surface area (Å²) in [6, 6.07) is 17.6. The van der Waals surface area contributed by atoms with Crippen LogP contribution in [0.15, 0.2) is 54.6 Å². The summed E-state index contributed by atoms with van der Waals surface area (Å²) in [5.41, 5.74) is 2.21. The lowest BCUT2D eigenvalue weighted by Crippen LogP contribution is -2.35. The van der Waals surface area contributed by atoms with E-state index in [0.29, 0.717) is 13.2 Å². The molecule has 0 amide bonds. The zero-order chi connectivity index (χ0) is 16.1. The predicted octanol–water partition coefficient (Wildman–Crippen LogP) is 3.31. The minimum Gasteiger partial charge on any atom is -0.489 e. The first kappa shape index (κ1) is 15.6. The van der Waals surface area contributed by atoms with Gasteiger partial charge in [0.05, 0.1) is 0 Å². The van der Waals surface area contributed by atoms with Crippen molar-refractivity contribution in [3.63, 3.8) is 0 Å². The molecule has 0 aromatic heterocycles. The van der Waals surface area contributed by atoms with Crippen LogP contribution in [-0.2, 0) is 17.9 Å². The first-order valence-electron chi connectivity index (χ1n) is 7.95. The molecular formula is C19H21NO3. The standard InChI is InChI=1S/C19H21NO3/c21-19(22)18-10-5-11-20(18)13-16-8-4-9-17(12-16)23-14-15-6-2-1-3-7-15/h1-4,6-9,12,18H,5,10-11,13-14H2,(H,21,22)/t18-/m0/s1. The van der Waals surface area contributed by atoms with E-state index in [2.05, 4.69) is 0 Å². The number of ether oxygens (including phenoxy) is 1. The Morgan fingerprint density at radius 3 is 2.70 bits per heavy atom. The van der Waals surface area contributed by atoms with Crippen LogP contribution in [-0.4, -0.2) is 28.6 Å². The molecule has 0 unspecified atom stereocenters. The van der Waals surface area contributed by atoms with Gasteiger partial charge in [-0.2, -0.15) is 0 Å². The van der Waals surface area contributed by atoms with E-state index in [0.717, 1.165) is 36.3 Å². The van der Waals surface area contributed by atoms with E-state index < -0.39 is 5.97 Å². The normalized spacial score (nSPS) is 18.0. The monoisotopic (exact) mass is 311 g/mol. The average molecular weight is 311 g/mol. The largest absolute Gasteiger partial charge is 0.489 e. The SMILES string of the molecule is O=C(O)[C@@H]1CCCN1Cc1cccc(OCc2ccccc2)c1. The fourth-order valence-corrected chi connectivity index (χ4v) is 3.00. The van der Waals surface area contributed by atoms with E-state index in [1.807, 2.05) is 59.5 Å². The summed E-state index contributed by atoms with van der Waals surface area (Å²) in [6.07, 6.45) is 1.68. The van der Waals surface area contributed by atoms with Crippen molar-refractivity contribution in [1.29, 1.82) is 0 Å². The quantitative estimate of drug-likeness (QED) is 0.889. The fraction of sp³-hybridized carbons (Fsp3) is 0.316. The van der Waals surface area contributed by atoms with Crippen LogP contribution in [0, 0.1) is 0 Å². The van der Waals surface area contributed by atoms with Gasteiger partial charge in [0.15, 0.2) is 0 Å². The van der Waals surface area contributed by atoms with E-state index in [1.54, 1.807) is 0 Å². The van der Waals surface area contributed by atoms with Crippen LogP contribution in [0.3, 0.4) is 0 Å². The Kier molecular flexibility index (Phi) is 4.93. The Labute approximate surface area is 136 Å². The van der Waals surface area contributed by atoms with E-state index in [1.165, 1.54) is 0 Å². The molecule has 0 bridgehead atoms. The van der Waals surface area contributed by atoms with Crippen molar-refractivity contribution in [3.05, 3.63) is 65.7 Å². The molecule has 4 heteroatoms. The van der Waals surface area contributed by atoms with Crippen molar-refractivity contribution in [3.8, 4) is 5.75 Å². The molecule has 2 aromatic carbocycles. The van der Waals surface area contributed by atoms with Gasteiger partial charge in [-0.15, -0.1) is 0 Å². The highest BCUT2D eigenvalue weighted by Crippen LogP contribution is 2.22. The molecule has 23 heavy (non-hydrogen) atoms. The second-order valence-corrected chi connectivity index (χ2v) is 5.89. The number of carbonyl (C=O) groups is 1. The van der Waals surface area contributed by atoms with Gasteiger partial charge < -0.3 is 9.84 Å². The number of likely N-dealkylation sites (tertiary alicyclic amines) is 1. The topological polar surface area (TPSA) is 49.8 Å². The van der Waals surface area contributed by atoms with Crippen LogP contribution < -0.4 is 4.74 Å². The highest BCUT2D eigenvalue weighted by molar-refractivity contribution is 5.73. The van der Waals surface area contributed by atoms with Gasteiger partial charge in [-0.25, -0.2) is 0 Å². The molecule has 4 nitrogen and oxygen atoms in total. The van der Waals surface area contributed by atoms with Crippen molar-refractivity contribution < 1.29 is 14.6 Å². The second kappa shape index (κ2) is 7.29. The first-order chi connectivity index (χ1) is 11.2. The molecule has 0 aliphatic carbocycles. The third-order valence-electron chi connectivity index (χ3n) is 4.18. The van der Waals surface area contributed by atoms with Gasteiger partial charge in [-0.05, 0) is 42.6 Å². The van der Waals surface area contributed by atoms with Crippen LogP contribution in [0.5, 0.6) is 5.75 Å². The van der Waals surface area contributed by atoms with E-state index in [9.17, 15) is 9.90 Å². The van der Waals surface area contributed by atoms with Gasteiger partial charge >= 0.3 is 5.97 Å². The van der Waals surface area contributed by atoms with Crippen molar-refractivity contribution in [2.45, 2.75) is 32.0 Å². The molecule has 1 N–H and O–H groups in total. The summed E-state index contributed by atoms with van der Waals surface area (Å²) in [5.74, 6) is 0.0939. The van der Waals surface area contributed by atoms with E-state index in [-0.39, 0.29) is 6.04 Å². The number of rotatable bonds is 6. The Morgan fingerprint density at radius 2 is 1.91 bits per heavy atom. The highest BCUT2D eigenvalue weighted by Gasteiger charge is 2.30. The van der Waals surface area contributed by atoms with Crippen LogP contribution in [0.2, 0.25) is 0 Å². The number of benzene rings is 2. The number of carboxylic acids is 1. The number of hydrogen-bond donors (Lipinski definition) is 1. The van der Waals surface area contributed by atoms with Gasteiger partial charge in [0, 0.05) is 6.54 Å². The van der Waals surface area contributed by atoms with Gasteiger partial charge in [0.2, 0.25) is 0 Å². The molecule has 0 radical (unpaired) electrons. The summed E-state index contributed by atoms with van der Waals surface area (Å²) in [6.45, 7) is 2.03. The number of carboxylic acid groups (broad SMARTS) is 1. The number of aliphatic carboxylic acids is 1. The summed E-state index contributed by atoms with van der Waals surface area (Å²) >= 11 is 0. The molecule has 1 fully saturated rings. The summed E-state index contributed by atoms with van der Waals surface area (Å²) < 4.78 is 5.84. The lowest BCUT2D eigenvalue weighted by Gasteiger charge is -2.21. The van der Waals surface area contributed by atoms with Crippen molar-refractivity contribution >= 4 is 5.97 Å². The summed E-state index contributed by atoms with van der Waals surface area (Å²) in [4.78, 5) is 13.3. The lowest BCUT2D eigenvalue weighted by molar-refractivity contribution is -0.142. The molecule has 1 atom stereocenters. The molecule has 1 saturated heterocycles. The van der Waals surface area contributed by atoms with E-state index >= 15 is 0 Å². The van der Waals surface area contributed by atoms with Gasteiger partial charge in [-0.1, -0.05) is 42.5 Å². The molecule has 3 rings (SSSR count). The molecule has 0 saturated carbocycles. The van der Waals surface area contributed by atoms with Crippen LogP contribution >= 0.6 is 0 Å². The van der Waals surface area contributed by atoms with Crippen molar-refractivity contribution in [2.24, 2.45) is 0 Å². The maximum absolute atomic E-state index is 11.3. The van der Waals surface area contributed by atoms with Crippen molar-refractivity contribution in [1.82, 2.24) is 4.90 Å². The van der Waals surface area contributed by atoms with Crippen molar-refractivity contribution in [2.75, 3.05) is 6.54 Å². The molecule has 1 aliphatic rings. The first-order valence-corrected chi connectivity index (χ1v) is 7.95. The molecule has 0 spiro atoms. The smallest absolute Gasteiger partial charge is 0.320 e. The third-order valence-corrected chi connectivity index (χ3v) is 4.18. The molecule has 2 aromatic rings. The Balaban J connectivity index is 1.62. The predicted molar refractivity (Wildman–Crippen MR) is 88.3 cm³/mol. The lowest BCUT2D eigenvalue weighted by atomic mass is 10.1. The fourth-order valence-electron chi connectivity index (χ4n) is 3.00. The number of nitrogens with zero attached hydrogens (tertiary/aromatic N) is 1. The van der Waals surface area contributed by atoms with Crippen LogP contribution in [0.4, 0.5) is 0 Å². The number of hydrogen-bond acceptors (Lipinski definition) is 3. The Bertz CT molecular complexity index is 657. The maximum Gasteiger partial charge on any atom is 0.320 e. The highest BCUT2D eigenvalue weighted by atomic mass is 16.5. The van der Waals surface area contributed by atoms with Gasteiger partial charge in [0.1, 0.15) is 18.4 Å². The maximum atomic E-state index is 11.3. The van der Waals surface area contributed by atoms with Crippen LogP contribution in [0.25, 0.3) is 0 Å². The average Bonchev–Trinajstić information content (AvgIpc) is 3.03.